The zero-order chi connectivity index (χ0) is 18.3. The molecule has 2 aromatic carbocycles. The van der Waals surface area contributed by atoms with Crippen molar-refractivity contribution in [3.63, 3.8) is 0 Å². The molecule has 2 rings (SSSR count). The second-order valence-corrected chi connectivity index (χ2v) is 7.60. The molecule has 0 aliphatic carbocycles. The molecule has 0 saturated carbocycles. The lowest BCUT2D eigenvalue weighted by Crippen LogP contribution is -2.30. The zero-order valence-electron chi connectivity index (χ0n) is 14.3. The van der Waals surface area contributed by atoms with Gasteiger partial charge in [0.05, 0.1) is 4.90 Å². The fourth-order valence-corrected chi connectivity index (χ4v) is 3.51. The second kappa shape index (κ2) is 8.60. The molecule has 0 atom stereocenters. The van der Waals surface area contributed by atoms with Crippen LogP contribution in [0.5, 0.6) is 0 Å². The highest BCUT2D eigenvalue weighted by Crippen LogP contribution is 2.12. The van der Waals surface area contributed by atoms with Crippen molar-refractivity contribution in [1.82, 2.24) is 10.0 Å². The summed E-state index contributed by atoms with van der Waals surface area (Å²) in [6.07, 6.45) is 3.18. The van der Waals surface area contributed by atoms with E-state index < -0.39 is 10.0 Å². The summed E-state index contributed by atoms with van der Waals surface area (Å²) in [5, 5.41) is 2.75. The Morgan fingerprint density at radius 3 is 2.48 bits per heavy atom. The van der Waals surface area contributed by atoms with E-state index in [9.17, 15) is 13.2 Å². The van der Waals surface area contributed by atoms with E-state index in [0.717, 1.165) is 5.56 Å². The number of rotatable bonds is 7. The Kier molecular flexibility index (Phi) is 6.50. The summed E-state index contributed by atoms with van der Waals surface area (Å²) in [6, 6.07) is 15.9. The number of nitrogens with one attached hydrogen (secondary N) is 2. The first-order valence-electron chi connectivity index (χ1n) is 7.99. The fraction of sp³-hybridized carbons (Fsp3) is 0.211. The van der Waals surface area contributed by atoms with Gasteiger partial charge in [0.25, 0.3) is 0 Å². The van der Waals surface area contributed by atoms with Gasteiger partial charge in [0.2, 0.25) is 15.9 Å². The lowest BCUT2D eigenvalue weighted by molar-refractivity contribution is -0.116. The number of carbonyl (C=O) groups excluding carboxylic acids is 1. The van der Waals surface area contributed by atoms with Crippen molar-refractivity contribution >= 4 is 22.0 Å². The molecule has 132 valence electrons. The Balaban J connectivity index is 1.98. The van der Waals surface area contributed by atoms with Crippen LogP contribution in [0, 0.1) is 0 Å². The van der Waals surface area contributed by atoms with Crippen molar-refractivity contribution in [3.8, 4) is 0 Å². The molecule has 0 fully saturated rings. The first kappa shape index (κ1) is 18.9. The zero-order valence-corrected chi connectivity index (χ0v) is 15.1. The van der Waals surface area contributed by atoms with E-state index in [1.807, 2.05) is 30.3 Å². The lowest BCUT2D eigenvalue weighted by atomic mass is 10.2. The highest BCUT2D eigenvalue weighted by Gasteiger charge is 2.15. The summed E-state index contributed by atoms with van der Waals surface area (Å²) in [4.78, 5) is 12.1. The van der Waals surface area contributed by atoms with Gasteiger partial charge in [0.15, 0.2) is 0 Å². The van der Waals surface area contributed by atoms with Gasteiger partial charge in [-0.3, -0.25) is 4.79 Å². The van der Waals surface area contributed by atoms with Crippen LogP contribution < -0.4 is 10.0 Å². The maximum absolute atomic E-state index is 12.2. The Hall–Kier alpha value is -2.44. The summed E-state index contributed by atoms with van der Waals surface area (Å²) in [6.45, 7) is 3.78. The Morgan fingerprint density at radius 2 is 1.80 bits per heavy atom. The van der Waals surface area contributed by atoms with Gasteiger partial charge >= 0.3 is 0 Å². The Labute approximate surface area is 148 Å². The van der Waals surface area contributed by atoms with Gasteiger partial charge in [-0.1, -0.05) is 42.5 Å². The van der Waals surface area contributed by atoms with Gasteiger partial charge < -0.3 is 5.32 Å². The second-order valence-electron chi connectivity index (χ2n) is 5.89. The smallest absolute Gasteiger partial charge is 0.244 e. The minimum atomic E-state index is -3.54. The molecule has 0 heterocycles. The molecule has 0 aliphatic heterocycles. The molecule has 0 aromatic heterocycles. The van der Waals surface area contributed by atoms with E-state index in [2.05, 4.69) is 10.0 Å². The molecule has 2 aromatic rings. The highest BCUT2D eigenvalue weighted by molar-refractivity contribution is 7.89. The standard InChI is InChI=1S/C19H22N2O3S/c1-15(2)21-25(23,24)18-10-6-9-17(13-18)14-20-19(22)12-11-16-7-4-3-5-8-16/h3-13,15,21H,14H2,1-2H3,(H,20,22). The normalized spacial score (nSPS) is 11.8. The van der Waals surface area contributed by atoms with E-state index in [1.54, 1.807) is 38.1 Å². The largest absolute Gasteiger partial charge is 0.348 e. The maximum atomic E-state index is 12.2. The van der Waals surface area contributed by atoms with Gasteiger partial charge in [-0.05, 0) is 43.2 Å². The molecule has 25 heavy (non-hydrogen) atoms. The molecule has 0 spiro atoms. The first-order valence-corrected chi connectivity index (χ1v) is 9.47. The van der Waals surface area contributed by atoms with Crippen LogP contribution in [0.3, 0.4) is 0 Å². The molecule has 0 aliphatic rings. The third-order valence-electron chi connectivity index (χ3n) is 3.29. The van der Waals surface area contributed by atoms with E-state index in [1.165, 1.54) is 12.1 Å². The minimum Gasteiger partial charge on any atom is -0.348 e. The molecular weight excluding hydrogens is 336 g/mol. The van der Waals surface area contributed by atoms with Gasteiger partial charge in [0.1, 0.15) is 0 Å². The number of amides is 1. The summed E-state index contributed by atoms with van der Waals surface area (Å²) in [7, 11) is -3.54. The van der Waals surface area contributed by atoms with E-state index in [-0.39, 0.29) is 23.4 Å². The third kappa shape index (κ3) is 6.17. The van der Waals surface area contributed by atoms with Crippen LogP contribution in [0.4, 0.5) is 0 Å². The maximum Gasteiger partial charge on any atom is 0.244 e. The SMILES string of the molecule is CC(C)NS(=O)(=O)c1cccc(CNC(=O)C=Cc2ccccc2)c1. The predicted molar refractivity (Wildman–Crippen MR) is 99.2 cm³/mol. The average Bonchev–Trinajstić information content (AvgIpc) is 2.58. The van der Waals surface area contributed by atoms with Gasteiger partial charge in [-0.15, -0.1) is 0 Å². The molecule has 0 radical (unpaired) electrons. The Morgan fingerprint density at radius 1 is 1.08 bits per heavy atom. The fourth-order valence-electron chi connectivity index (χ4n) is 2.19. The Bertz CT molecular complexity index is 844. The first-order chi connectivity index (χ1) is 11.9. The molecular formula is C19H22N2O3S. The van der Waals surface area contributed by atoms with Gasteiger partial charge in [-0.2, -0.15) is 0 Å². The molecule has 2 N–H and O–H groups in total. The molecule has 5 nitrogen and oxygen atoms in total. The molecule has 6 heteroatoms. The summed E-state index contributed by atoms with van der Waals surface area (Å²) < 4.78 is 26.9. The van der Waals surface area contributed by atoms with Gasteiger partial charge in [0, 0.05) is 18.7 Å². The van der Waals surface area contributed by atoms with Crippen LogP contribution in [0.2, 0.25) is 0 Å². The quantitative estimate of drug-likeness (QED) is 0.747. The van der Waals surface area contributed by atoms with Crippen molar-refractivity contribution in [1.29, 1.82) is 0 Å². The summed E-state index contributed by atoms with van der Waals surface area (Å²) >= 11 is 0. The predicted octanol–water partition coefficient (Wildman–Crippen LogP) is 2.70. The van der Waals surface area contributed by atoms with Gasteiger partial charge in [-0.25, -0.2) is 13.1 Å². The third-order valence-corrected chi connectivity index (χ3v) is 4.95. The number of sulfonamides is 1. The van der Waals surface area contributed by atoms with E-state index >= 15 is 0 Å². The number of carbonyl (C=O) groups is 1. The van der Waals surface area contributed by atoms with Crippen LogP contribution in [0.15, 0.2) is 65.6 Å². The van der Waals surface area contributed by atoms with Crippen LogP contribution in [-0.2, 0) is 21.4 Å². The average molecular weight is 358 g/mol. The van der Waals surface area contributed by atoms with Crippen molar-refractivity contribution < 1.29 is 13.2 Å². The van der Waals surface area contributed by atoms with Crippen molar-refractivity contribution in [2.45, 2.75) is 31.3 Å². The van der Waals surface area contributed by atoms with Crippen LogP contribution in [0.25, 0.3) is 6.08 Å². The van der Waals surface area contributed by atoms with Crippen LogP contribution >= 0.6 is 0 Å². The highest BCUT2D eigenvalue weighted by atomic mass is 32.2. The van der Waals surface area contributed by atoms with Crippen LogP contribution in [0.1, 0.15) is 25.0 Å². The molecule has 1 amide bonds. The molecule has 0 bridgehead atoms. The molecule has 0 unspecified atom stereocenters. The minimum absolute atomic E-state index is 0.184. The molecule has 0 saturated heterocycles. The van der Waals surface area contributed by atoms with Crippen molar-refractivity contribution in [2.75, 3.05) is 0 Å². The lowest BCUT2D eigenvalue weighted by Gasteiger charge is -2.11. The number of hydrogen-bond acceptors (Lipinski definition) is 3. The topological polar surface area (TPSA) is 75.3 Å². The van der Waals surface area contributed by atoms with Crippen molar-refractivity contribution in [3.05, 3.63) is 71.8 Å². The van der Waals surface area contributed by atoms with Crippen molar-refractivity contribution in [2.24, 2.45) is 0 Å². The summed E-state index contributed by atoms with van der Waals surface area (Å²) in [5.74, 6) is -0.239. The van der Waals surface area contributed by atoms with Crippen LogP contribution in [-0.4, -0.2) is 20.4 Å². The van der Waals surface area contributed by atoms with E-state index in [0.29, 0.717) is 5.56 Å². The summed E-state index contributed by atoms with van der Waals surface area (Å²) in [5.41, 5.74) is 1.65. The van der Waals surface area contributed by atoms with E-state index in [4.69, 9.17) is 0 Å². The monoisotopic (exact) mass is 358 g/mol. The number of benzene rings is 2. The number of hydrogen-bond donors (Lipinski definition) is 2.